The van der Waals surface area contributed by atoms with E-state index in [0.717, 1.165) is 11.4 Å². The highest BCUT2D eigenvalue weighted by molar-refractivity contribution is 6.00. The second-order valence-corrected chi connectivity index (χ2v) is 6.37. The molecule has 0 saturated carbocycles. The minimum absolute atomic E-state index is 0.0313. The second kappa shape index (κ2) is 8.65. The molecule has 3 rings (SSSR count). The van der Waals surface area contributed by atoms with Crippen LogP contribution in [0, 0.1) is 0 Å². The maximum atomic E-state index is 12.7. The maximum Gasteiger partial charge on any atom is 0.255 e. The minimum atomic E-state index is -0.286. The first kappa shape index (κ1) is 19.5. The molecular weight excluding hydrogens is 360 g/mol. The minimum Gasteiger partial charge on any atom is -0.497 e. The lowest BCUT2D eigenvalue weighted by Crippen LogP contribution is -2.37. The van der Waals surface area contributed by atoms with Crippen molar-refractivity contribution in [2.75, 3.05) is 32.3 Å². The molecule has 7 nitrogen and oxygen atoms in total. The van der Waals surface area contributed by atoms with Crippen LogP contribution in [0.15, 0.2) is 42.5 Å². The average molecular weight is 384 g/mol. The van der Waals surface area contributed by atoms with Gasteiger partial charge in [-0.1, -0.05) is 0 Å². The van der Waals surface area contributed by atoms with Gasteiger partial charge in [-0.2, -0.15) is 0 Å². The van der Waals surface area contributed by atoms with Crippen molar-refractivity contribution in [1.29, 1.82) is 0 Å². The number of hydrogen-bond donors (Lipinski definition) is 1. The van der Waals surface area contributed by atoms with Crippen LogP contribution in [0.1, 0.15) is 23.7 Å². The number of anilines is 1. The Kier molecular flexibility index (Phi) is 6.03. The van der Waals surface area contributed by atoms with Crippen molar-refractivity contribution in [1.82, 2.24) is 5.32 Å². The van der Waals surface area contributed by atoms with E-state index in [1.54, 1.807) is 30.2 Å². The molecule has 0 spiro atoms. The largest absolute Gasteiger partial charge is 0.497 e. The summed E-state index contributed by atoms with van der Waals surface area (Å²) in [5, 5.41) is 2.92. The number of nitrogens with one attached hydrogen (secondary N) is 1. The first-order chi connectivity index (χ1) is 13.5. The number of carbonyl (C=O) groups is 2. The first-order valence-electron chi connectivity index (χ1n) is 9.11. The van der Waals surface area contributed by atoms with E-state index in [0.29, 0.717) is 30.2 Å². The molecule has 0 aromatic heterocycles. The molecule has 2 amide bonds. The van der Waals surface area contributed by atoms with Crippen LogP contribution in [-0.4, -0.2) is 45.2 Å². The van der Waals surface area contributed by atoms with Gasteiger partial charge in [0.15, 0.2) is 0 Å². The molecule has 2 aromatic rings. The zero-order chi connectivity index (χ0) is 20.1. The molecule has 1 fully saturated rings. The third-order valence-electron chi connectivity index (χ3n) is 4.57. The Labute approximate surface area is 164 Å². The van der Waals surface area contributed by atoms with Crippen LogP contribution >= 0.6 is 0 Å². The Morgan fingerprint density at radius 3 is 2.46 bits per heavy atom. The lowest BCUT2D eigenvalue weighted by Gasteiger charge is -2.18. The monoisotopic (exact) mass is 384 g/mol. The fourth-order valence-corrected chi connectivity index (χ4v) is 3.19. The van der Waals surface area contributed by atoms with E-state index in [2.05, 4.69) is 5.32 Å². The summed E-state index contributed by atoms with van der Waals surface area (Å²) in [6.45, 7) is 2.92. The van der Waals surface area contributed by atoms with Gasteiger partial charge < -0.3 is 24.4 Å². The number of methoxy groups -OCH3 is 2. The van der Waals surface area contributed by atoms with Crippen molar-refractivity contribution in [3.63, 3.8) is 0 Å². The standard InChI is InChI=1S/C21H24N2O5/c1-4-28-16-7-5-15(6-8-16)23-13-14(11-20(23)24)22-21(25)18-10-9-17(26-2)12-19(18)27-3/h5-10,12,14H,4,11,13H2,1-3H3,(H,22,25)/t14-/m1/s1. The van der Waals surface area contributed by atoms with Gasteiger partial charge in [0, 0.05) is 24.7 Å². The van der Waals surface area contributed by atoms with Crippen LogP contribution in [0.3, 0.4) is 0 Å². The van der Waals surface area contributed by atoms with Gasteiger partial charge in [-0.15, -0.1) is 0 Å². The van der Waals surface area contributed by atoms with Crippen LogP contribution in [-0.2, 0) is 4.79 Å². The zero-order valence-corrected chi connectivity index (χ0v) is 16.2. The number of hydrogen-bond acceptors (Lipinski definition) is 5. The molecule has 0 bridgehead atoms. The summed E-state index contributed by atoms with van der Waals surface area (Å²) < 4.78 is 15.9. The van der Waals surface area contributed by atoms with Gasteiger partial charge in [-0.25, -0.2) is 0 Å². The number of carbonyl (C=O) groups excluding carboxylic acids is 2. The molecule has 148 valence electrons. The maximum absolute atomic E-state index is 12.7. The van der Waals surface area contributed by atoms with Gasteiger partial charge >= 0.3 is 0 Å². The number of rotatable bonds is 7. The van der Waals surface area contributed by atoms with E-state index >= 15 is 0 Å². The molecule has 2 aromatic carbocycles. The molecule has 28 heavy (non-hydrogen) atoms. The smallest absolute Gasteiger partial charge is 0.255 e. The van der Waals surface area contributed by atoms with Crippen LogP contribution in [0.4, 0.5) is 5.69 Å². The lowest BCUT2D eigenvalue weighted by atomic mass is 10.1. The molecule has 1 aliphatic heterocycles. The molecule has 1 heterocycles. The second-order valence-electron chi connectivity index (χ2n) is 6.37. The van der Waals surface area contributed by atoms with Crippen molar-refractivity contribution in [2.45, 2.75) is 19.4 Å². The van der Waals surface area contributed by atoms with Crippen molar-refractivity contribution in [3.8, 4) is 17.2 Å². The third kappa shape index (κ3) is 4.19. The van der Waals surface area contributed by atoms with Crippen LogP contribution < -0.4 is 24.4 Å². The Hall–Kier alpha value is -3.22. The Bertz CT molecular complexity index is 850. The van der Waals surface area contributed by atoms with Gasteiger partial charge in [0.2, 0.25) is 5.91 Å². The van der Waals surface area contributed by atoms with E-state index in [1.807, 2.05) is 31.2 Å². The molecule has 7 heteroatoms. The highest BCUT2D eigenvalue weighted by Gasteiger charge is 2.32. The topological polar surface area (TPSA) is 77.1 Å². The Balaban J connectivity index is 1.68. The van der Waals surface area contributed by atoms with Crippen LogP contribution in [0.2, 0.25) is 0 Å². The molecule has 1 atom stereocenters. The first-order valence-corrected chi connectivity index (χ1v) is 9.11. The summed E-state index contributed by atoms with van der Waals surface area (Å²) in [5.41, 5.74) is 1.18. The Morgan fingerprint density at radius 1 is 1.11 bits per heavy atom. The van der Waals surface area contributed by atoms with E-state index < -0.39 is 0 Å². The van der Waals surface area contributed by atoms with Crippen molar-refractivity contribution in [2.24, 2.45) is 0 Å². The van der Waals surface area contributed by atoms with E-state index in [-0.39, 0.29) is 24.3 Å². The van der Waals surface area contributed by atoms with Crippen molar-refractivity contribution < 1.29 is 23.8 Å². The predicted molar refractivity (Wildman–Crippen MR) is 105 cm³/mol. The normalized spacial score (nSPS) is 16.0. The quantitative estimate of drug-likeness (QED) is 0.794. The highest BCUT2D eigenvalue weighted by atomic mass is 16.5. The predicted octanol–water partition coefficient (Wildman–Crippen LogP) is 2.64. The molecule has 1 N–H and O–H groups in total. The van der Waals surface area contributed by atoms with Gasteiger partial charge in [0.05, 0.1) is 32.4 Å². The number of ether oxygens (including phenoxy) is 3. The van der Waals surface area contributed by atoms with E-state index in [4.69, 9.17) is 14.2 Å². The van der Waals surface area contributed by atoms with Gasteiger partial charge in [-0.3, -0.25) is 9.59 Å². The third-order valence-corrected chi connectivity index (χ3v) is 4.57. The summed E-state index contributed by atoms with van der Waals surface area (Å²) in [6, 6.07) is 12.1. The summed E-state index contributed by atoms with van der Waals surface area (Å²) in [6.07, 6.45) is 0.247. The van der Waals surface area contributed by atoms with Crippen molar-refractivity contribution >= 4 is 17.5 Å². The molecule has 0 unspecified atom stereocenters. The summed E-state index contributed by atoms with van der Waals surface area (Å²) in [7, 11) is 3.05. The molecule has 0 radical (unpaired) electrons. The average Bonchev–Trinajstić information content (AvgIpc) is 3.08. The molecule has 1 aliphatic rings. The van der Waals surface area contributed by atoms with Gasteiger partial charge in [-0.05, 0) is 43.3 Å². The van der Waals surface area contributed by atoms with Gasteiger partial charge in [0.1, 0.15) is 17.2 Å². The van der Waals surface area contributed by atoms with Crippen molar-refractivity contribution in [3.05, 3.63) is 48.0 Å². The number of amides is 2. The summed E-state index contributed by atoms with van der Waals surface area (Å²) in [5.74, 6) is 1.46. The summed E-state index contributed by atoms with van der Waals surface area (Å²) >= 11 is 0. The molecular formula is C21H24N2O5. The van der Waals surface area contributed by atoms with Crippen LogP contribution in [0.5, 0.6) is 17.2 Å². The fourth-order valence-electron chi connectivity index (χ4n) is 3.19. The molecule has 1 saturated heterocycles. The highest BCUT2D eigenvalue weighted by Crippen LogP contribution is 2.27. The lowest BCUT2D eigenvalue weighted by molar-refractivity contribution is -0.117. The Morgan fingerprint density at radius 2 is 1.82 bits per heavy atom. The fraction of sp³-hybridized carbons (Fsp3) is 0.333. The molecule has 0 aliphatic carbocycles. The number of nitrogens with zero attached hydrogens (tertiary/aromatic N) is 1. The van der Waals surface area contributed by atoms with Gasteiger partial charge in [0.25, 0.3) is 5.91 Å². The van der Waals surface area contributed by atoms with Crippen LogP contribution in [0.25, 0.3) is 0 Å². The van der Waals surface area contributed by atoms with E-state index in [1.165, 1.54) is 7.11 Å². The number of benzene rings is 2. The SMILES string of the molecule is CCOc1ccc(N2C[C@H](NC(=O)c3ccc(OC)cc3OC)CC2=O)cc1. The zero-order valence-electron chi connectivity index (χ0n) is 16.2. The summed E-state index contributed by atoms with van der Waals surface area (Å²) in [4.78, 5) is 26.8. The van der Waals surface area contributed by atoms with E-state index in [9.17, 15) is 9.59 Å².